The fourth-order valence-electron chi connectivity index (χ4n) is 5.16. The van der Waals surface area contributed by atoms with Crippen LogP contribution in [-0.2, 0) is 18.4 Å². The van der Waals surface area contributed by atoms with Gasteiger partial charge in [0.15, 0.2) is 46.2 Å². The lowest BCUT2D eigenvalue weighted by Gasteiger charge is -2.30. The second-order valence-corrected chi connectivity index (χ2v) is 17.7. The zero-order chi connectivity index (χ0) is 37.2. The number of halogens is 2. The molecule has 0 radical (unpaired) electrons. The van der Waals surface area contributed by atoms with E-state index in [1.165, 1.54) is 60.5 Å². The third-order valence-corrected chi connectivity index (χ3v) is 13.0. The van der Waals surface area contributed by atoms with Gasteiger partial charge < -0.3 is 33.1 Å². The number of hydrogen-bond donors (Lipinski definition) is 1. The summed E-state index contributed by atoms with van der Waals surface area (Å²) in [7, 11) is 1.61. The number of aliphatic carboxylic acids is 1. The monoisotopic (exact) mass is 756 g/mol. The van der Waals surface area contributed by atoms with Crippen molar-refractivity contribution in [1.29, 1.82) is 0 Å². The maximum absolute atomic E-state index is 15.7. The van der Waals surface area contributed by atoms with Crippen molar-refractivity contribution in [1.82, 2.24) is 0 Å². The van der Waals surface area contributed by atoms with Crippen molar-refractivity contribution < 1.29 is 60.8 Å². The van der Waals surface area contributed by atoms with Crippen molar-refractivity contribution in [3.8, 4) is 23.0 Å². The Labute approximate surface area is 295 Å². The summed E-state index contributed by atoms with van der Waals surface area (Å²) in [5.74, 6) is -3.54. The summed E-state index contributed by atoms with van der Waals surface area (Å²) >= 11 is 2.09. The third kappa shape index (κ3) is 7.81. The first-order valence-corrected chi connectivity index (χ1v) is 18.5. The van der Waals surface area contributed by atoms with E-state index in [1.807, 2.05) is 0 Å². The number of Topliss-reactive ketones (excluding diaryl/α,β-unsaturated/α-hetero) is 2. The molecule has 16 heteroatoms. The van der Waals surface area contributed by atoms with Gasteiger partial charge in [-0.05, 0) is 39.8 Å². The van der Waals surface area contributed by atoms with Gasteiger partial charge in [0.2, 0.25) is 0 Å². The second kappa shape index (κ2) is 15.3. The molecular formula is C34H39F2O11PS2. The van der Waals surface area contributed by atoms with Crippen LogP contribution >= 0.6 is 30.3 Å². The van der Waals surface area contributed by atoms with Crippen molar-refractivity contribution in [3.63, 3.8) is 0 Å². The molecule has 0 fully saturated rings. The van der Waals surface area contributed by atoms with Crippen LogP contribution in [0.4, 0.5) is 8.78 Å². The highest BCUT2D eigenvalue weighted by molar-refractivity contribution is 7.55. The number of hydrogen-bond acceptors (Lipinski definition) is 12. The van der Waals surface area contributed by atoms with E-state index in [1.54, 1.807) is 19.9 Å². The van der Waals surface area contributed by atoms with E-state index in [-0.39, 0.29) is 81.8 Å². The number of ether oxygens (including phenoxy) is 4. The van der Waals surface area contributed by atoms with Crippen LogP contribution in [0.3, 0.4) is 0 Å². The standard InChI is InChI=1S/C34H39F2O11PS2/c1-33(2,32(39)40)16-20(37)26-12-18-24(49-26)14-22(42-5)30(28(18)35)46-10-9-11-47-31-23(43-6)15-25-19(29(31)36)13-27(50-25)21(38)17-34(3,4)48(41,44-7)45-8/h12-15H,9-11,16-17H2,1-8H3,(H,39,40). The first kappa shape index (κ1) is 39.2. The molecule has 0 spiro atoms. The molecule has 4 aromatic rings. The molecule has 1 N–H and O–H groups in total. The van der Waals surface area contributed by atoms with Gasteiger partial charge in [-0.2, -0.15) is 0 Å². The van der Waals surface area contributed by atoms with Crippen LogP contribution < -0.4 is 18.9 Å². The molecule has 2 heterocycles. The first-order chi connectivity index (χ1) is 23.4. The predicted molar refractivity (Wildman–Crippen MR) is 187 cm³/mol. The van der Waals surface area contributed by atoms with Crippen molar-refractivity contribution in [3.05, 3.63) is 45.7 Å². The maximum Gasteiger partial charge on any atom is 0.336 e. The molecule has 0 atom stereocenters. The molecule has 0 bridgehead atoms. The number of carboxylic acids is 1. The largest absolute Gasteiger partial charge is 0.493 e. The number of fused-ring (bicyclic) bond motifs is 2. The molecule has 0 aliphatic carbocycles. The van der Waals surface area contributed by atoms with Gasteiger partial charge in [-0.25, -0.2) is 8.78 Å². The van der Waals surface area contributed by atoms with Crippen LogP contribution in [0.1, 0.15) is 66.3 Å². The lowest BCUT2D eigenvalue weighted by Crippen LogP contribution is -2.26. The molecule has 0 saturated heterocycles. The van der Waals surface area contributed by atoms with Gasteiger partial charge in [0, 0.05) is 65.8 Å². The molecule has 4 rings (SSSR count). The summed E-state index contributed by atoms with van der Waals surface area (Å²) in [4.78, 5) is 37.9. The Morgan fingerprint density at radius 1 is 0.740 bits per heavy atom. The minimum absolute atomic E-state index is 0.0468. The number of carbonyl (C=O) groups is 3. The lowest BCUT2D eigenvalue weighted by atomic mass is 9.87. The van der Waals surface area contributed by atoms with Gasteiger partial charge in [0.25, 0.3) is 0 Å². The minimum atomic E-state index is -3.59. The summed E-state index contributed by atoms with van der Waals surface area (Å²) in [6, 6.07) is 5.88. The topological polar surface area (TPSA) is 144 Å². The number of carboxylic acid groups (broad SMARTS) is 1. The SMILES string of the molecule is COc1cc2sc(C(=O)CC(C)(C)C(=O)O)cc2c(F)c1OCCCOc1c(OC)cc2sc(C(=O)CC(C)(C)P(=O)(OC)OC)cc2c1F. The zero-order valence-corrected chi connectivity index (χ0v) is 31.4. The normalized spacial score (nSPS) is 12.4. The first-order valence-electron chi connectivity index (χ1n) is 15.3. The van der Waals surface area contributed by atoms with Crippen LogP contribution in [0.25, 0.3) is 20.2 Å². The van der Waals surface area contributed by atoms with Crippen molar-refractivity contribution in [2.45, 2.75) is 52.1 Å². The Balaban J connectivity index is 1.46. The van der Waals surface area contributed by atoms with Crippen molar-refractivity contribution in [2.24, 2.45) is 5.41 Å². The Bertz CT molecular complexity index is 1970. The summed E-state index contributed by atoms with van der Waals surface area (Å²) in [6.45, 7) is 5.99. The zero-order valence-electron chi connectivity index (χ0n) is 28.9. The van der Waals surface area contributed by atoms with E-state index < -0.39 is 41.6 Å². The molecule has 0 amide bonds. The summed E-state index contributed by atoms with van der Waals surface area (Å²) in [5.41, 5.74) is -1.29. The molecular weight excluding hydrogens is 717 g/mol. The highest BCUT2D eigenvalue weighted by atomic mass is 32.1. The fraction of sp³-hybridized carbons (Fsp3) is 0.441. The van der Waals surface area contributed by atoms with Crippen molar-refractivity contribution in [2.75, 3.05) is 41.7 Å². The third-order valence-electron chi connectivity index (χ3n) is 8.13. The van der Waals surface area contributed by atoms with E-state index in [4.69, 9.17) is 28.0 Å². The molecule has 0 aliphatic heterocycles. The fourth-order valence-corrected chi connectivity index (χ4v) is 8.69. The van der Waals surface area contributed by atoms with E-state index in [0.29, 0.717) is 9.40 Å². The van der Waals surface area contributed by atoms with Gasteiger partial charge in [-0.3, -0.25) is 18.9 Å². The highest BCUT2D eigenvalue weighted by Gasteiger charge is 2.44. The molecule has 0 aliphatic rings. The molecule has 2 aromatic carbocycles. The smallest absolute Gasteiger partial charge is 0.336 e. The second-order valence-electron chi connectivity index (χ2n) is 12.6. The number of thiophene rings is 2. The molecule has 0 saturated carbocycles. The van der Waals surface area contributed by atoms with E-state index in [2.05, 4.69) is 0 Å². The number of benzene rings is 2. The van der Waals surface area contributed by atoms with Crippen LogP contribution in [-0.4, -0.2) is 69.5 Å². The lowest BCUT2D eigenvalue weighted by molar-refractivity contribution is -0.146. The van der Waals surface area contributed by atoms with Crippen molar-refractivity contribution >= 4 is 68.0 Å². The van der Waals surface area contributed by atoms with E-state index in [0.717, 1.165) is 22.7 Å². The molecule has 0 unspecified atom stereocenters. The number of methoxy groups -OCH3 is 2. The quantitative estimate of drug-likeness (QED) is 0.0591. The van der Waals surface area contributed by atoms with Gasteiger partial charge >= 0.3 is 13.6 Å². The summed E-state index contributed by atoms with van der Waals surface area (Å²) < 4.78 is 77.5. The Hall–Kier alpha value is -3.62. The number of rotatable bonds is 18. The molecule has 2 aromatic heterocycles. The summed E-state index contributed by atoms with van der Waals surface area (Å²) in [5, 5.41) is 8.51. The van der Waals surface area contributed by atoms with E-state index >= 15 is 8.78 Å². The van der Waals surface area contributed by atoms with Crippen LogP contribution in [0, 0.1) is 17.0 Å². The van der Waals surface area contributed by atoms with E-state index in [9.17, 15) is 24.1 Å². The maximum atomic E-state index is 15.7. The molecule has 272 valence electrons. The van der Waals surface area contributed by atoms with Crippen LogP contribution in [0.5, 0.6) is 23.0 Å². The van der Waals surface area contributed by atoms with Crippen LogP contribution in [0.15, 0.2) is 24.3 Å². The Kier molecular flexibility index (Phi) is 12.0. The van der Waals surface area contributed by atoms with Crippen LogP contribution in [0.2, 0.25) is 0 Å². The average Bonchev–Trinajstić information content (AvgIpc) is 3.70. The highest BCUT2D eigenvalue weighted by Crippen LogP contribution is 2.60. The minimum Gasteiger partial charge on any atom is -0.493 e. The predicted octanol–water partition coefficient (Wildman–Crippen LogP) is 8.78. The Morgan fingerprint density at radius 2 is 1.16 bits per heavy atom. The average molecular weight is 757 g/mol. The number of carbonyl (C=O) groups excluding carboxylic acids is 2. The number of ketones is 2. The Morgan fingerprint density at radius 3 is 1.54 bits per heavy atom. The van der Waals surface area contributed by atoms with Gasteiger partial charge in [0.05, 0.1) is 47.8 Å². The molecule has 11 nitrogen and oxygen atoms in total. The summed E-state index contributed by atoms with van der Waals surface area (Å²) in [6.07, 6.45) is -0.232. The molecule has 50 heavy (non-hydrogen) atoms. The van der Waals surface area contributed by atoms with Gasteiger partial charge in [-0.15, -0.1) is 22.7 Å². The van der Waals surface area contributed by atoms with Gasteiger partial charge in [0.1, 0.15) is 0 Å². The van der Waals surface area contributed by atoms with Gasteiger partial charge in [-0.1, -0.05) is 0 Å².